The molecule has 1 saturated carbocycles. The second-order valence-corrected chi connectivity index (χ2v) is 9.08. The summed E-state index contributed by atoms with van der Waals surface area (Å²) in [5.41, 5.74) is 0. The summed E-state index contributed by atoms with van der Waals surface area (Å²) < 4.78 is 22.5. The fourth-order valence-corrected chi connectivity index (χ4v) is 4.16. The summed E-state index contributed by atoms with van der Waals surface area (Å²) in [5.74, 6) is 0.728. The Balaban J connectivity index is 1.99. The van der Waals surface area contributed by atoms with Gasteiger partial charge < -0.3 is 4.90 Å². The average Bonchev–Trinajstić information content (AvgIpc) is 3.04. The van der Waals surface area contributed by atoms with Gasteiger partial charge in [-0.15, -0.1) is 11.3 Å². The fourth-order valence-electron chi connectivity index (χ4n) is 2.04. The Bertz CT molecular complexity index is 578. The van der Waals surface area contributed by atoms with Crippen molar-refractivity contribution in [2.45, 2.75) is 36.8 Å². The molecule has 0 radical (unpaired) electrons. The van der Waals surface area contributed by atoms with Crippen molar-refractivity contribution in [1.82, 2.24) is 4.90 Å². The zero-order chi connectivity index (χ0) is 14.8. The van der Waals surface area contributed by atoms with Crippen molar-refractivity contribution >= 4 is 37.0 Å². The van der Waals surface area contributed by atoms with Gasteiger partial charge in [0.1, 0.15) is 4.21 Å². The van der Waals surface area contributed by atoms with E-state index < -0.39 is 9.05 Å². The van der Waals surface area contributed by atoms with Gasteiger partial charge in [-0.25, -0.2) is 8.42 Å². The van der Waals surface area contributed by atoms with Crippen molar-refractivity contribution < 1.29 is 13.2 Å². The number of carbonyl (C=O) groups is 1. The third-order valence-corrected chi connectivity index (χ3v) is 6.40. The molecule has 20 heavy (non-hydrogen) atoms. The molecule has 0 bridgehead atoms. The number of amides is 1. The average molecular weight is 336 g/mol. The molecule has 0 unspecified atom stereocenters. The summed E-state index contributed by atoms with van der Waals surface area (Å²) in [4.78, 5) is 14.9. The van der Waals surface area contributed by atoms with Crippen LogP contribution in [0.1, 0.15) is 31.1 Å². The van der Waals surface area contributed by atoms with Crippen LogP contribution >= 0.6 is 22.0 Å². The minimum absolute atomic E-state index is 0.0686. The van der Waals surface area contributed by atoms with Crippen LogP contribution in [0.3, 0.4) is 0 Å². The molecule has 0 saturated heterocycles. The lowest BCUT2D eigenvalue weighted by Crippen LogP contribution is -2.34. The van der Waals surface area contributed by atoms with E-state index in [1.54, 1.807) is 6.07 Å². The summed E-state index contributed by atoms with van der Waals surface area (Å²) >= 11 is 1.07. The monoisotopic (exact) mass is 335 g/mol. The highest BCUT2D eigenvalue weighted by molar-refractivity contribution is 8.15. The number of hydrogen-bond donors (Lipinski definition) is 0. The maximum Gasteiger partial charge on any atom is 0.270 e. The van der Waals surface area contributed by atoms with Crippen LogP contribution in [-0.4, -0.2) is 32.3 Å². The molecule has 1 aromatic heterocycles. The minimum atomic E-state index is -3.69. The van der Waals surface area contributed by atoms with Gasteiger partial charge >= 0.3 is 0 Å². The van der Waals surface area contributed by atoms with Crippen LogP contribution in [0.15, 0.2) is 16.3 Å². The number of thiophene rings is 1. The zero-order valence-electron chi connectivity index (χ0n) is 11.3. The van der Waals surface area contributed by atoms with E-state index in [9.17, 15) is 13.2 Å². The van der Waals surface area contributed by atoms with Gasteiger partial charge in [-0.1, -0.05) is 6.92 Å². The Hall–Kier alpha value is -0.590. The number of hydrogen-bond acceptors (Lipinski definition) is 4. The first-order chi connectivity index (χ1) is 9.40. The Morgan fingerprint density at radius 1 is 1.45 bits per heavy atom. The maximum absolute atomic E-state index is 12.3. The smallest absolute Gasteiger partial charge is 0.270 e. The second kappa shape index (κ2) is 6.45. The largest absolute Gasteiger partial charge is 0.342 e. The summed E-state index contributed by atoms with van der Waals surface area (Å²) in [6.07, 6.45) is 3.61. The van der Waals surface area contributed by atoms with Crippen LogP contribution in [0.2, 0.25) is 0 Å². The molecule has 7 heteroatoms. The molecular weight excluding hydrogens is 318 g/mol. The van der Waals surface area contributed by atoms with Crippen molar-refractivity contribution in [2.75, 3.05) is 13.1 Å². The van der Waals surface area contributed by atoms with Crippen molar-refractivity contribution in [1.29, 1.82) is 0 Å². The van der Waals surface area contributed by atoms with Crippen molar-refractivity contribution in [2.24, 2.45) is 5.92 Å². The van der Waals surface area contributed by atoms with Gasteiger partial charge in [0.15, 0.2) is 0 Å². The maximum atomic E-state index is 12.3. The molecule has 1 fully saturated rings. The normalized spacial score (nSPS) is 15.3. The van der Waals surface area contributed by atoms with E-state index in [0.29, 0.717) is 5.92 Å². The highest BCUT2D eigenvalue weighted by atomic mass is 35.7. The molecule has 1 heterocycles. The molecule has 1 amide bonds. The third kappa shape index (κ3) is 4.46. The molecule has 0 N–H and O–H groups in total. The number of rotatable bonds is 7. The number of halogens is 1. The van der Waals surface area contributed by atoms with E-state index >= 15 is 0 Å². The highest BCUT2D eigenvalue weighted by Gasteiger charge is 2.26. The predicted molar refractivity (Wildman–Crippen MR) is 80.7 cm³/mol. The third-order valence-electron chi connectivity index (χ3n) is 3.22. The standard InChI is InChI=1S/C13H18ClNO3S2/c1-2-7-15(9-10-3-4-10)12(16)8-11-5-6-13(19-11)20(14,17)18/h5-6,10H,2-4,7-9H2,1H3. The topological polar surface area (TPSA) is 54.5 Å². The molecule has 1 aromatic rings. The van der Waals surface area contributed by atoms with Gasteiger partial charge in [0.25, 0.3) is 9.05 Å². The molecule has 0 atom stereocenters. The first-order valence-corrected chi connectivity index (χ1v) is 9.84. The molecule has 1 aliphatic carbocycles. The number of carbonyl (C=O) groups excluding carboxylic acids is 1. The highest BCUT2D eigenvalue weighted by Crippen LogP contribution is 2.30. The predicted octanol–water partition coefficient (Wildman–Crippen LogP) is 2.87. The van der Waals surface area contributed by atoms with Crippen molar-refractivity contribution in [3.63, 3.8) is 0 Å². The van der Waals surface area contributed by atoms with Crippen LogP contribution in [0.4, 0.5) is 0 Å². The van der Waals surface area contributed by atoms with E-state index in [4.69, 9.17) is 10.7 Å². The lowest BCUT2D eigenvalue weighted by atomic mass is 10.2. The second-order valence-electron chi connectivity index (χ2n) is 5.12. The van der Waals surface area contributed by atoms with E-state index in [1.165, 1.54) is 18.9 Å². The Morgan fingerprint density at radius 2 is 2.15 bits per heavy atom. The van der Waals surface area contributed by atoms with Gasteiger partial charge in [-0.05, 0) is 37.3 Å². The molecule has 0 aromatic carbocycles. The van der Waals surface area contributed by atoms with Gasteiger partial charge in [-0.3, -0.25) is 4.79 Å². The molecule has 1 aliphatic rings. The Morgan fingerprint density at radius 3 is 2.65 bits per heavy atom. The van der Waals surface area contributed by atoms with E-state index in [0.717, 1.165) is 35.7 Å². The van der Waals surface area contributed by atoms with Crippen LogP contribution in [0, 0.1) is 5.92 Å². The Labute approximate surface area is 128 Å². The van der Waals surface area contributed by atoms with Gasteiger partial charge in [0, 0.05) is 28.6 Å². The molecular formula is C13H18ClNO3S2. The summed E-state index contributed by atoms with van der Waals surface area (Å²) in [6, 6.07) is 3.12. The van der Waals surface area contributed by atoms with Crippen LogP contribution in [-0.2, 0) is 20.3 Å². The number of nitrogens with zero attached hydrogens (tertiary/aromatic N) is 1. The zero-order valence-corrected chi connectivity index (χ0v) is 13.7. The lowest BCUT2D eigenvalue weighted by Gasteiger charge is -2.21. The first kappa shape index (κ1) is 15.8. The molecule has 112 valence electrons. The molecule has 0 spiro atoms. The van der Waals surface area contributed by atoms with Crippen LogP contribution in [0.25, 0.3) is 0 Å². The van der Waals surface area contributed by atoms with E-state index in [1.807, 2.05) is 4.90 Å². The van der Waals surface area contributed by atoms with Gasteiger partial charge in [-0.2, -0.15) is 0 Å². The molecule has 4 nitrogen and oxygen atoms in total. The molecule has 0 aliphatic heterocycles. The van der Waals surface area contributed by atoms with E-state index in [2.05, 4.69) is 6.92 Å². The lowest BCUT2D eigenvalue weighted by molar-refractivity contribution is -0.130. The fraction of sp³-hybridized carbons (Fsp3) is 0.615. The van der Waals surface area contributed by atoms with Gasteiger partial charge in [0.05, 0.1) is 6.42 Å². The van der Waals surface area contributed by atoms with Crippen LogP contribution < -0.4 is 0 Å². The Kier molecular flexibility index (Phi) is 5.09. The SMILES string of the molecule is CCCN(CC1CC1)C(=O)Cc1ccc(S(=O)(=O)Cl)s1. The summed E-state index contributed by atoms with van der Waals surface area (Å²) in [5, 5.41) is 0. The van der Waals surface area contributed by atoms with Crippen LogP contribution in [0.5, 0.6) is 0 Å². The minimum Gasteiger partial charge on any atom is -0.342 e. The first-order valence-electron chi connectivity index (χ1n) is 6.71. The van der Waals surface area contributed by atoms with Crippen molar-refractivity contribution in [3.05, 3.63) is 17.0 Å². The van der Waals surface area contributed by atoms with Crippen molar-refractivity contribution in [3.8, 4) is 0 Å². The summed E-state index contributed by atoms with van der Waals surface area (Å²) in [7, 11) is 1.59. The quantitative estimate of drug-likeness (QED) is 0.720. The molecule has 2 rings (SSSR count). The summed E-state index contributed by atoms with van der Waals surface area (Å²) in [6.45, 7) is 3.65. The van der Waals surface area contributed by atoms with Gasteiger partial charge in [0.2, 0.25) is 5.91 Å². The van der Waals surface area contributed by atoms with E-state index in [-0.39, 0.29) is 16.5 Å².